The zero-order valence-electron chi connectivity index (χ0n) is 19.8. The average Bonchev–Trinajstić information content (AvgIpc) is 3.29. The number of aliphatic imine (C=N–C) groups is 1. The number of aryl methyl sites for hydroxylation is 2. The molecule has 1 aliphatic rings. The fraction of sp³-hybridized carbons (Fsp3) is 0.214. The lowest BCUT2D eigenvalue weighted by atomic mass is 10.1. The number of para-hydroxylation sites is 1. The number of rotatable bonds is 6. The van der Waals surface area contributed by atoms with Gasteiger partial charge in [0.2, 0.25) is 0 Å². The molecule has 0 saturated heterocycles. The molecule has 0 amide bonds. The van der Waals surface area contributed by atoms with E-state index >= 15 is 0 Å². The molecule has 4 rings (SSSR count). The van der Waals surface area contributed by atoms with E-state index in [-0.39, 0.29) is 17.9 Å². The molecule has 0 fully saturated rings. The molecule has 0 saturated carbocycles. The molecule has 0 unspecified atom stereocenters. The third-order valence-corrected chi connectivity index (χ3v) is 6.74. The molecule has 34 heavy (non-hydrogen) atoms. The second kappa shape index (κ2) is 10.2. The number of aromatic nitrogens is 1. The van der Waals surface area contributed by atoms with E-state index in [1.807, 2.05) is 36.4 Å². The van der Waals surface area contributed by atoms with Crippen LogP contribution < -0.4 is 0 Å². The van der Waals surface area contributed by atoms with Crippen molar-refractivity contribution in [2.45, 2.75) is 34.1 Å². The highest BCUT2D eigenvalue weighted by molar-refractivity contribution is 8.18. The van der Waals surface area contributed by atoms with Crippen molar-refractivity contribution in [3.8, 4) is 5.69 Å². The van der Waals surface area contributed by atoms with E-state index in [0.717, 1.165) is 29.1 Å². The lowest BCUT2D eigenvalue weighted by Crippen LogP contribution is -2.12. The van der Waals surface area contributed by atoms with Gasteiger partial charge in [-0.05, 0) is 74.7 Å². The lowest BCUT2D eigenvalue weighted by molar-refractivity contribution is -0.138. The van der Waals surface area contributed by atoms with E-state index in [4.69, 9.17) is 4.74 Å². The van der Waals surface area contributed by atoms with E-state index in [1.54, 1.807) is 6.92 Å². The van der Waals surface area contributed by atoms with E-state index in [0.29, 0.717) is 15.6 Å². The van der Waals surface area contributed by atoms with Crippen LogP contribution in [0.4, 0.5) is 5.69 Å². The second-order valence-electron chi connectivity index (χ2n) is 7.99. The third-order valence-electron chi connectivity index (χ3n) is 5.72. The SMILES string of the molecule is CCOC(=O)C1=C(O)/C(=C/c2cc(C)n(-c3ccc(CC)cc3)c2C)SC1=Nc1ccccc1. The van der Waals surface area contributed by atoms with Gasteiger partial charge in [0.1, 0.15) is 16.4 Å². The third kappa shape index (κ3) is 4.73. The summed E-state index contributed by atoms with van der Waals surface area (Å²) in [6.07, 6.45) is 2.91. The molecule has 0 aliphatic carbocycles. The van der Waals surface area contributed by atoms with Gasteiger partial charge >= 0.3 is 5.97 Å². The monoisotopic (exact) mass is 472 g/mol. The van der Waals surface area contributed by atoms with Crippen LogP contribution in [-0.2, 0) is 16.0 Å². The summed E-state index contributed by atoms with van der Waals surface area (Å²) in [4.78, 5) is 17.8. The molecule has 2 aromatic carbocycles. The Bertz CT molecular complexity index is 1300. The van der Waals surface area contributed by atoms with Crippen LogP contribution in [0.2, 0.25) is 0 Å². The summed E-state index contributed by atoms with van der Waals surface area (Å²) in [5.41, 5.74) is 6.30. The van der Waals surface area contributed by atoms with Crippen LogP contribution in [0.5, 0.6) is 0 Å². The zero-order chi connectivity index (χ0) is 24.2. The maximum atomic E-state index is 12.7. The Kier molecular flexibility index (Phi) is 7.08. The van der Waals surface area contributed by atoms with E-state index in [1.165, 1.54) is 17.3 Å². The number of nitrogens with zero attached hydrogens (tertiary/aromatic N) is 2. The molecule has 0 spiro atoms. The first kappa shape index (κ1) is 23.6. The van der Waals surface area contributed by atoms with Gasteiger partial charge in [-0.2, -0.15) is 0 Å². The molecular formula is C28H28N2O3S. The van der Waals surface area contributed by atoms with E-state index in [2.05, 4.69) is 60.7 Å². The molecule has 5 nitrogen and oxygen atoms in total. The maximum Gasteiger partial charge on any atom is 0.344 e. The van der Waals surface area contributed by atoms with Crippen molar-refractivity contribution < 1.29 is 14.6 Å². The molecule has 0 radical (unpaired) electrons. The first-order chi connectivity index (χ1) is 16.4. The van der Waals surface area contributed by atoms with Gasteiger partial charge in [-0.3, -0.25) is 0 Å². The van der Waals surface area contributed by atoms with Gasteiger partial charge in [0.05, 0.1) is 17.2 Å². The highest BCUT2D eigenvalue weighted by atomic mass is 32.2. The predicted molar refractivity (Wildman–Crippen MR) is 140 cm³/mol. The molecule has 3 aromatic rings. The molecule has 1 aliphatic heterocycles. The number of aliphatic hydroxyl groups is 1. The minimum atomic E-state index is -0.577. The second-order valence-corrected chi connectivity index (χ2v) is 9.02. The van der Waals surface area contributed by atoms with Gasteiger partial charge in [-0.15, -0.1) is 0 Å². The van der Waals surface area contributed by atoms with Crippen LogP contribution in [0.15, 0.2) is 81.9 Å². The van der Waals surface area contributed by atoms with Gasteiger partial charge in [0, 0.05) is 17.1 Å². The number of hydrogen-bond acceptors (Lipinski definition) is 5. The van der Waals surface area contributed by atoms with Crippen LogP contribution in [0.1, 0.15) is 36.4 Å². The summed E-state index contributed by atoms with van der Waals surface area (Å²) >= 11 is 1.27. The largest absolute Gasteiger partial charge is 0.506 e. The first-order valence-electron chi connectivity index (χ1n) is 11.4. The standard InChI is InChI=1S/C28H28N2O3S/c1-5-20-12-14-23(15-13-20)30-18(3)16-21(19(30)4)17-24-26(31)25(28(32)33-6-2)27(34-24)29-22-10-8-7-9-11-22/h7-17,31H,5-6H2,1-4H3/b24-17-,29-27?. The van der Waals surface area contributed by atoms with Crippen molar-refractivity contribution in [1.29, 1.82) is 0 Å². The summed E-state index contributed by atoms with van der Waals surface area (Å²) in [6.45, 7) is 8.22. The smallest absolute Gasteiger partial charge is 0.344 e. The molecular weight excluding hydrogens is 444 g/mol. The molecule has 2 heterocycles. The Morgan fingerprint density at radius 3 is 2.44 bits per heavy atom. The summed E-state index contributed by atoms with van der Waals surface area (Å²) in [7, 11) is 0. The Morgan fingerprint density at radius 1 is 1.09 bits per heavy atom. The highest BCUT2D eigenvalue weighted by Gasteiger charge is 2.33. The van der Waals surface area contributed by atoms with Crippen LogP contribution in [0, 0.1) is 13.8 Å². The number of aliphatic hydroxyl groups excluding tert-OH is 1. The Morgan fingerprint density at radius 2 is 1.79 bits per heavy atom. The zero-order valence-corrected chi connectivity index (χ0v) is 20.6. The fourth-order valence-corrected chi connectivity index (χ4v) is 4.99. The lowest BCUT2D eigenvalue weighted by Gasteiger charge is -2.10. The minimum absolute atomic E-state index is 0.102. The Balaban J connectivity index is 1.75. The quantitative estimate of drug-likeness (QED) is 0.399. The van der Waals surface area contributed by atoms with Gasteiger partial charge in [-0.1, -0.05) is 49.0 Å². The van der Waals surface area contributed by atoms with Crippen molar-refractivity contribution in [1.82, 2.24) is 4.57 Å². The number of hydrogen-bond donors (Lipinski definition) is 1. The van der Waals surface area contributed by atoms with Gasteiger partial charge < -0.3 is 14.4 Å². The van der Waals surface area contributed by atoms with E-state index < -0.39 is 5.97 Å². The predicted octanol–water partition coefficient (Wildman–Crippen LogP) is 6.85. The fourth-order valence-electron chi connectivity index (χ4n) is 3.96. The maximum absolute atomic E-state index is 12.7. The van der Waals surface area contributed by atoms with E-state index in [9.17, 15) is 9.90 Å². The summed E-state index contributed by atoms with van der Waals surface area (Å²) in [5.74, 6) is -0.678. The van der Waals surface area contributed by atoms with Crippen molar-refractivity contribution in [2.24, 2.45) is 4.99 Å². The first-order valence-corrected chi connectivity index (χ1v) is 12.2. The average molecular weight is 473 g/mol. The number of carbonyl (C=O) groups excluding carboxylic acids is 1. The number of ether oxygens (including phenoxy) is 1. The molecule has 174 valence electrons. The summed E-state index contributed by atoms with van der Waals surface area (Å²) in [5, 5.41) is 11.4. The minimum Gasteiger partial charge on any atom is -0.506 e. The molecule has 0 bridgehead atoms. The van der Waals surface area contributed by atoms with Gasteiger partial charge in [-0.25, -0.2) is 9.79 Å². The van der Waals surface area contributed by atoms with Gasteiger partial charge in [0.25, 0.3) is 0 Å². The summed E-state index contributed by atoms with van der Waals surface area (Å²) < 4.78 is 7.40. The normalized spacial score (nSPS) is 16.0. The number of esters is 1. The topological polar surface area (TPSA) is 63.8 Å². The van der Waals surface area contributed by atoms with Crippen molar-refractivity contribution in [3.05, 3.63) is 99.4 Å². The van der Waals surface area contributed by atoms with Crippen LogP contribution >= 0.6 is 11.8 Å². The Hall–Kier alpha value is -3.51. The number of thioether (sulfide) groups is 1. The molecule has 1 N–H and O–H groups in total. The van der Waals surface area contributed by atoms with Crippen molar-refractivity contribution in [2.75, 3.05) is 6.61 Å². The van der Waals surface area contributed by atoms with Crippen molar-refractivity contribution >= 4 is 34.5 Å². The Labute approximate surface area is 204 Å². The van der Waals surface area contributed by atoms with Crippen LogP contribution in [-0.4, -0.2) is 27.3 Å². The molecule has 6 heteroatoms. The van der Waals surface area contributed by atoms with Crippen LogP contribution in [0.25, 0.3) is 11.8 Å². The van der Waals surface area contributed by atoms with Gasteiger partial charge in [0.15, 0.2) is 0 Å². The van der Waals surface area contributed by atoms with Crippen molar-refractivity contribution in [3.63, 3.8) is 0 Å². The molecule has 0 atom stereocenters. The highest BCUT2D eigenvalue weighted by Crippen LogP contribution is 2.41. The number of carbonyl (C=O) groups is 1. The molecule has 1 aromatic heterocycles. The summed E-state index contributed by atoms with van der Waals surface area (Å²) in [6, 6.07) is 20.0. The number of benzene rings is 2. The van der Waals surface area contributed by atoms with Crippen LogP contribution in [0.3, 0.4) is 0 Å².